The number of hydrogen-bond donors (Lipinski definition) is 11. The number of rotatable bonds is 26. The summed E-state index contributed by atoms with van der Waals surface area (Å²) in [5.74, 6) is -3.68. The van der Waals surface area contributed by atoms with Crippen LogP contribution in [-0.2, 0) is 35.1 Å². The number of carboxylic acid groups (broad SMARTS) is 1. The number of nitrogens with one attached hydrogen (secondary N) is 5. The Bertz CT molecular complexity index is 1740. The number of nitrogens with two attached hydrogens (primary N) is 4. The van der Waals surface area contributed by atoms with E-state index in [0.29, 0.717) is 25.7 Å². The van der Waals surface area contributed by atoms with Gasteiger partial charge >= 0.3 is 12.1 Å². The number of benzene rings is 1. The lowest BCUT2D eigenvalue weighted by Gasteiger charge is -2.32. The van der Waals surface area contributed by atoms with Crippen molar-refractivity contribution >= 4 is 47.6 Å². The summed E-state index contributed by atoms with van der Waals surface area (Å²) >= 11 is 0. The highest BCUT2D eigenvalue weighted by Gasteiger charge is 2.39. The van der Waals surface area contributed by atoms with E-state index in [0.717, 1.165) is 5.56 Å². The van der Waals surface area contributed by atoms with Crippen LogP contribution in [0.2, 0.25) is 0 Å². The fourth-order valence-electron chi connectivity index (χ4n) is 7.16. The molecule has 21 nitrogen and oxygen atoms in total. The molecule has 0 aliphatic carbocycles. The number of carbonyl (C=O) groups excluding carboxylic acids is 5. The average molecular weight is 903 g/mol. The molecular formula is C43H74N12O9. The van der Waals surface area contributed by atoms with Gasteiger partial charge in [-0.25, -0.2) is 9.59 Å². The summed E-state index contributed by atoms with van der Waals surface area (Å²) < 4.78 is 5.40. The van der Waals surface area contributed by atoms with Crippen molar-refractivity contribution in [3.05, 3.63) is 29.8 Å². The number of aliphatic imine (C=N–C) groups is 2. The molecule has 0 spiro atoms. The number of likely N-dealkylation sites (tertiary alicyclic amines) is 1. The first kappa shape index (κ1) is 54.3. The number of phenolic OH excluding ortho intramolecular Hbond substituents is 1. The van der Waals surface area contributed by atoms with Crippen LogP contribution < -0.4 is 49.5 Å². The third-order valence-electron chi connectivity index (χ3n) is 10.5. The summed E-state index contributed by atoms with van der Waals surface area (Å²) in [7, 11) is 0. The predicted molar refractivity (Wildman–Crippen MR) is 244 cm³/mol. The van der Waals surface area contributed by atoms with Crippen molar-refractivity contribution in [1.29, 1.82) is 0 Å². The van der Waals surface area contributed by atoms with Gasteiger partial charge in [-0.05, 0) is 102 Å². The van der Waals surface area contributed by atoms with Crippen molar-refractivity contribution in [2.24, 2.45) is 44.8 Å². The Hall–Kier alpha value is -5.86. The summed E-state index contributed by atoms with van der Waals surface area (Å²) in [5, 5.41) is 34.2. The molecule has 1 aromatic rings. The third kappa shape index (κ3) is 20.1. The summed E-state index contributed by atoms with van der Waals surface area (Å²) in [5.41, 5.74) is 21.9. The predicted octanol–water partition coefficient (Wildman–Crippen LogP) is 0.516. The van der Waals surface area contributed by atoms with Gasteiger partial charge in [-0.2, -0.15) is 0 Å². The van der Waals surface area contributed by atoms with Crippen LogP contribution in [0.5, 0.6) is 5.75 Å². The number of aromatic hydroxyl groups is 1. The zero-order chi connectivity index (χ0) is 48.1. The molecule has 15 N–H and O–H groups in total. The molecule has 1 heterocycles. The van der Waals surface area contributed by atoms with E-state index in [2.05, 4.69) is 36.6 Å². The van der Waals surface area contributed by atoms with Crippen molar-refractivity contribution < 1.29 is 43.7 Å². The van der Waals surface area contributed by atoms with Crippen molar-refractivity contribution in [1.82, 2.24) is 31.5 Å². The maximum Gasteiger partial charge on any atom is 0.408 e. The molecule has 0 aromatic heterocycles. The van der Waals surface area contributed by atoms with Crippen LogP contribution in [0.3, 0.4) is 0 Å². The molecule has 0 saturated carbocycles. The van der Waals surface area contributed by atoms with Gasteiger partial charge in [-0.15, -0.1) is 0 Å². The fraction of sp³-hybridized carbons (Fsp3) is 0.674. The van der Waals surface area contributed by atoms with Gasteiger partial charge in [0.1, 0.15) is 35.5 Å². The second-order valence-corrected chi connectivity index (χ2v) is 17.7. The Morgan fingerprint density at radius 3 is 1.95 bits per heavy atom. The Labute approximate surface area is 376 Å². The van der Waals surface area contributed by atoms with Gasteiger partial charge < -0.3 is 69.4 Å². The van der Waals surface area contributed by atoms with Crippen LogP contribution in [0.25, 0.3) is 0 Å². The minimum absolute atomic E-state index is 0.0190. The number of carboxylic acids is 1. The summed E-state index contributed by atoms with van der Waals surface area (Å²) in [6.45, 7) is 13.2. The van der Waals surface area contributed by atoms with E-state index < -0.39 is 77.5 Å². The Balaban J connectivity index is 2.41. The maximum atomic E-state index is 14.5. The van der Waals surface area contributed by atoms with Crippen molar-refractivity contribution in [2.45, 2.75) is 148 Å². The zero-order valence-corrected chi connectivity index (χ0v) is 38.5. The molecule has 360 valence electrons. The van der Waals surface area contributed by atoms with Crippen LogP contribution >= 0.6 is 0 Å². The first-order valence-electron chi connectivity index (χ1n) is 22.1. The normalized spacial score (nSPS) is 16.6. The summed E-state index contributed by atoms with van der Waals surface area (Å²) in [4.78, 5) is 90.5. The number of ether oxygens (including phenoxy) is 1. The standard InChI is InChI=1S/C43H74N12O9/c1-8-26(4)34(37(59)53-32(39(61)62)22-25(2)3)50-24-28(23-27-15-17-29(56)18-16-27)51-36(58)33-14-11-21-55(33)38(60)31(13-10-20-49-41(46)47)52-35(57)30(12-9-19-48-40(44)45)54-42(63)64-43(5,6)7/h15-18,25-26,28,30-34,50,56H,8-14,19-24H2,1-7H3,(H,51,58)(H,52,57)(H,53,59)(H,54,63)(H,61,62)(H4,44,45,48)(H4,46,47,49)/t26-,28-,30-,31-,32-,33-,34-/m0/s1. The topological polar surface area (TPSA) is 344 Å². The highest BCUT2D eigenvalue weighted by atomic mass is 16.6. The zero-order valence-electron chi connectivity index (χ0n) is 38.5. The second kappa shape index (κ2) is 26.7. The van der Waals surface area contributed by atoms with Crippen molar-refractivity contribution in [2.75, 3.05) is 26.2 Å². The molecule has 5 amide bonds. The van der Waals surface area contributed by atoms with E-state index in [9.17, 15) is 39.0 Å². The molecule has 1 fully saturated rings. The fourth-order valence-corrected chi connectivity index (χ4v) is 7.16. The molecular weight excluding hydrogens is 829 g/mol. The molecule has 21 heteroatoms. The number of hydrogen-bond acceptors (Lipinski definition) is 11. The van der Waals surface area contributed by atoms with E-state index in [1.807, 2.05) is 27.7 Å². The summed E-state index contributed by atoms with van der Waals surface area (Å²) in [6.07, 6.45) is 1.86. The van der Waals surface area contributed by atoms with Gasteiger partial charge in [0.05, 0.1) is 6.04 Å². The molecule has 1 aromatic carbocycles. The minimum Gasteiger partial charge on any atom is -0.508 e. The van der Waals surface area contributed by atoms with E-state index in [1.54, 1.807) is 32.9 Å². The number of carbonyl (C=O) groups is 6. The number of phenols is 1. The van der Waals surface area contributed by atoms with E-state index in [-0.39, 0.29) is 87.8 Å². The number of aliphatic carboxylic acids is 1. The number of nitrogens with zero attached hydrogens (tertiary/aromatic N) is 3. The van der Waals surface area contributed by atoms with Crippen molar-refractivity contribution in [3.63, 3.8) is 0 Å². The van der Waals surface area contributed by atoms with Crippen LogP contribution in [0, 0.1) is 11.8 Å². The Kier molecular flexibility index (Phi) is 22.6. The van der Waals surface area contributed by atoms with Crippen LogP contribution in [0.4, 0.5) is 4.79 Å². The second-order valence-electron chi connectivity index (χ2n) is 17.7. The summed E-state index contributed by atoms with van der Waals surface area (Å²) in [6, 6.07) is 0.737. The molecule has 1 aliphatic rings. The van der Waals surface area contributed by atoms with Gasteiger partial charge in [0, 0.05) is 32.2 Å². The lowest BCUT2D eigenvalue weighted by Crippen LogP contribution is -2.58. The SMILES string of the molecule is CC[C@H](C)[C@H](NC[C@H](Cc1ccc(O)cc1)NC(=O)[C@@H]1CCCN1C(=O)[C@H](CCCN=C(N)N)NC(=O)[C@H](CCCN=C(N)N)NC(=O)OC(C)(C)C)C(=O)N[C@@H](CC(C)C)C(=O)O. The van der Waals surface area contributed by atoms with Gasteiger partial charge in [0.15, 0.2) is 11.9 Å². The Morgan fingerprint density at radius 1 is 0.844 bits per heavy atom. The van der Waals surface area contributed by atoms with Crippen LogP contribution in [-0.4, -0.2) is 131 Å². The third-order valence-corrected chi connectivity index (χ3v) is 10.5. The molecule has 64 heavy (non-hydrogen) atoms. The number of alkyl carbamates (subject to hydrolysis) is 1. The minimum atomic E-state index is -1.15. The monoisotopic (exact) mass is 903 g/mol. The maximum absolute atomic E-state index is 14.5. The van der Waals surface area contributed by atoms with E-state index in [1.165, 1.54) is 17.0 Å². The lowest BCUT2D eigenvalue weighted by molar-refractivity contribution is -0.142. The molecule has 0 unspecified atom stereocenters. The highest BCUT2D eigenvalue weighted by molar-refractivity contribution is 5.94. The van der Waals surface area contributed by atoms with Crippen LogP contribution in [0.1, 0.15) is 105 Å². The van der Waals surface area contributed by atoms with E-state index in [4.69, 9.17) is 27.7 Å². The lowest BCUT2D eigenvalue weighted by atomic mass is 9.96. The first-order valence-corrected chi connectivity index (χ1v) is 22.1. The van der Waals surface area contributed by atoms with Gasteiger partial charge in [0.25, 0.3) is 0 Å². The van der Waals surface area contributed by atoms with Gasteiger partial charge in [-0.3, -0.25) is 29.2 Å². The molecule has 1 saturated heterocycles. The molecule has 0 radical (unpaired) electrons. The largest absolute Gasteiger partial charge is 0.508 e. The molecule has 7 atom stereocenters. The molecule has 1 aliphatic heterocycles. The Morgan fingerprint density at radius 2 is 1.42 bits per heavy atom. The van der Waals surface area contributed by atoms with Crippen LogP contribution in [0.15, 0.2) is 34.3 Å². The van der Waals surface area contributed by atoms with Gasteiger partial charge in [-0.1, -0.05) is 46.2 Å². The highest BCUT2D eigenvalue weighted by Crippen LogP contribution is 2.21. The molecule has 0 bridgehead atoms. The van der Waals surface area contributed by atoms with Gasteiger partial charge in [0.2, 0.25) is 23.6 Å². The first-order chi connectivity index (χ1) is 30.0. The van der Waals surface area contributed by atoms with Crippen molar-refractivity contribution in [3.8, 4) is 5.75 Å². The van der Waals surface area contributed by atoms with E-state index >= 15 is 0 Å². The number of amides is 5. The number of guanidine groups is 2. The quantitative estimate of drug-likeness (QED) is 0.0343. The smallest absolute Gasteiger partial charge is 0.408 e. The average Bonchev–Trinajstić information content (AvgIpc) is 3.69. The molecule has 2 rings (SSSR count).